The molecule has 2 amide bonds. The number of amides is 2. The molecule has 2 N–H and O–H groups in total. The van der Waals surface area contributed by atoms with Crippen molar-refractivity contribution >= 4 is 59.2 Å². The summed E-state index contributed by atoms with van der Waals surface area (Å²) in [6.07, 6.45) is 7.55. The Labute approximate surface area is 256 Å². The summed E-state index contributed by atoms with van der Waals surface area (Å²) in [5, 5.41) is 6.63. The number of nitrogens with one attached hydrogen (secondary N) is 2. The number of nitrogens with zero attached hydrogens (tertiary/aromatic N) is 8. The van der Waals surface area contributed by atoms with Gasteiger partial charge in [-0.3, -0.25) is 0 Å². The van der Waals surface area contributed by atoms with Gasteiger partial charge in [-0.25, -0.2) is 19.4 Å². The largest absolute Gasteiger partial charge is 0.452 e. The number of aromatic nitrogens is 6. The highest BCUT2D eigenvalue weighted by Gasteiger charge is 2.26. The Balaban J connectivity index is 1.62. The van der Waals surface area contributed by atoms with E-state index in [4.69, 9.17) is 32.7 Å². The molecule has 0 spiro atoms. The second-order valence-electron chi connectivity index (χ2n) is 9.95. The van der Waals surface area contributed by atoms with Crippen LogP contribution in [-0.4, -0.2) is 81.5 Å². The number of halogens is 2. The summed E-state index contributed by atoms with van der Waals surface area (Å²) in [4.78, 5) is 53.1. The highest BCUT2D eigenvalue weighted by atomic mass is 35.5. The van der Waals surface area contributed by atoms with Crippen molar-refractivity contribution in [1.29, 1.82) is 0 Å². The molecule has 0 atom stereocenters. The van der Waals surface area contributed by atoms with Crippen LogP contribution in [0.3, 0.4) is 0 Å². The van der Waals surface area contributed by atoms with Crippen LogP contribution in [0.5, 0.6) is 0 Å². The third kappa shape index (κ3) is 9.93. The number of hydrogen-bond acceptors (Lipinski definition) is 12. The molecule has 1 fully saturated rings. The maximum atomic E-state index is 12.4. The second kappa shape index (κ2) is 17.0. The molecule has 42 heavy (non-hydrogen) atoms. The first-order valence-corrected chi connectivity index (χ1v) is 15.1. The SMILES string of the molecule is CCCCCN(C(=O)OC)c1nc(Cl)nc(NC2CCC(Nc3nc(Cl)nc(N(CCCCC)C(=O)OC)n3)CC2)n1. The van der Waals surface area contributed by atoms with E-state index in [9.17, 15) is 9.59 Å². The molecule has 0 aliphatic heterocycles. The van der Waals surface area contributed by atoms with Crippen LogP contribution < -0.4 is 20.4 Å². The van der Waals surface area contributed by atoms with Crippen LogP contribution in [-0.2, 0) is 9.47 Å². The first kappa shape index (κ1) is 33.2. The van der Waals surface area contributed by atoms with Crippen molar-refractivity contribution in [3.8, 4) is 0 Å². The first-order valence-electron chi connectivity index (χ1n) is 14.3. The Morgan fingerprint density at radius 3 is 1.40 bits per heavy atom. The number of hydrogen-bond donors (Lipinski definition) is 2. The van der Waals surface area contributed by atoms with Gasteiger partial charge in [0, 0.05) is 25.2 Å². The minimum Gasteiger partial charge on any atom is -0.452 e. The third-order valence-electron chi connectivity index (χ3n) is 6.83. The Kier molecular flexibility index (Phi) is 13.5. The lowest BCUT2D eigenvalue weighted by Crippen LogP contribution is -2.35. The van der Waals surface area contributed by atoms with Gasteiger partial charge in [-0.05, 0) is 61.7 Å². The highest BCUT2D eigenvalue weighted by Crippen LogP contribution is 2.25. The van der Waals surface area contributed by atoms with Crippen LogP contribution in [0.15, 0.2) is 0 Å². The van der Waals surface area contributed by atoms with Gasteiger partial charge in [0.1, 0.15) is 0 Å². The van der Waals surface area contributed by atoms with E-state index in [1.807, 2.05) is 0 Å². The Morgan fingerprint density at radius 1 is 0.690 bits per heavy atom. The number of carbonyl (C=O) groups is 2. The van der Waals surface area contributed by atoms with Crippen LogP contribution >= 0.6 is 23.2 Å². The van der Waals surface area contributed by atoms with Gasteiger partial charge in [0.05, 0.1) is 14.2 Å². The summed E-state index contributed by atoms with van der Waals surface area (Å²) < 4.78 is 9.85. The van der Waals surface area contributed by atoms with Crippen molar-refractivity contribution in [2.45, 2.75) is 90.1 Å². The van der Waals surface area contributed by atoms with Gasteiger partial charge in [0.2, 0.25) is 34.4 Å². The fourth-order valence-electron chi connectivity index (χ4n) is 4.60. The smallest absolute Gasteiger partial charge is 0.416 e. The average Bonchev–Trinajstić information content (AvgIpc) is 2.97. The van der Waals surface area contributed by atoms with Gasteiger partial charge >= 0.3 is 12.2 Å². The summed E-state index contributed by atoms with van der Waals surface area (Å²) >= 11 is 12.4. The van der Waals surface area contributed by atoms with Crippen molar-refractivity contribution in [3.63, 3.8) is 0 Å². The number of ether oxygens (including phenoxy) is 2. The summed E-state index contributed by atoms with van der Waals surface area (Å²) in [6.45, 7) is 4.99. The van der Waals surface area contributed by atoms with Crippen molar-refractivity contribution in [2.75, 3.05) is 47.7 Å². The molecular formula is C26H40Cl2N10O4. The van der Waals surface area contributed by atoms with Crippen molar-refractivity contribution in [3.05, 3.63) is 10.6 Å². The zero-order valence-electron chi connectivity index (χ0n) is 24.6. The molecule has 0 saturated heterocycles. The van der Waals surface area contributed by atoms with Gasteiger partial charge < -0.3 is 20.1 Å². The molecule has 16 heteroatoms. The van der Waals surface area contributed by atoms with Crippen LogP contribution in [0, 0.1) is 0 Å². The maximum Gasteiger partial charge on any atom is 0.416 e. The van der Waals surface area contributed by atoms with Crippen LogP contribution in [0.25, 0.3) is 0 Å². The van der Waals surface area contributed by atoms with E-state index in [1.165, 1.54) is 24.0 Å². The van der Waals surface area contributed by atoms with Crippen molar-refractivity contribution in [1.82, 2.24) is 29.9 Å². The standard InChI is InChI=1S/C26H40Cl2N10O4/c1-5-7-9-15-37(25(39)41-3)23-33-19(27)31-21(35-23)29-17-11-13-18(14-12-17)30-22-32-20(28)34-24(36-22)38(26(40)42-4)16-10-8-6-2/h17-18H,5-16H2,1-4H3,(H,29,31,33,35)(H,30,32,34,36). The van der Waals surface area contributed by atoms with Crippen LogP contribution in [0.2, 0.25) is 10.6 Å². The molecule has 1 aliphatic rings. The average molecular weight is 628 g/mol. The van der Waals surface area contributed by atoms with E-state index in [2.05, 4.69) is 54.4 Å². The molecule has 0 unspecified atom stereocenters. The van der Waals surface area contributed by atoms with Gasteiger partial charge in [0.25, 0.3) is 0 Å². The van der Waals surface area contributed by atoms with Crippen LogP contribution in [0.4, 0.5) is 33.4 Å². The number of rotatable bonds is 14. The maximum absolute atomic E-state index is 12.4. The number of unbranched alkanes of at least 4 members (excludes halogenated alkanes) is 4. The zero-order chi connectivity index (χ0) is 30.5. The van der Waals surface area contributed by atoms with Gasteiger partial charge in [-0.1, -0.05) is 39.5 Å². The topological polar surface area (TPSA) is 160 Å². The Hall–Kier alpha value is -3.26. The highest BCUT2D eigenvalue weighted by molar-refractivity contribution is 6.28. The molecule has 2 aromatic heterocycles. The number of carbonyl (C=O) groups excluding carboxylic acids is 2. The molecule has 1 aliphatic carbocycles. The van der Waals surface area contributed by atoms with E-state index in [1.54, 1.807) is 0 Å². The molecule has 0 radical (unpaired) electrons. The molecule has 0 bridgehead atoms. The summed E-state index contributed by atoms with van der Waals surface area (Å²) in [6, 6.07) is 0.152. The molecule has 0 aromatic carbocycles. The minimum atomic E-state index is -0.553. The fraction of sp³-hybridized carbons (Fsp3) is 0.692. The molecule has 232 valence electrons. The molecule has 14 nitrogen and oxygen atoms in total. The van der Waals surface area contributed by atoms with Gasteiger partial charge in [-0.2, -0.15) is 29.9 Å². The number of methoxy groups -OCH3 is 2. The van der Waals surface area contributed by atoms with Crippen molar-refractivity contribution in [2.24, 2.45) is 0 Å². The first-order chi connectivity index (χ1) is 20.3. The molecule has 1 saturated carbocycles. The molecule has 2 heterocycles. The zero-order valence-corrected chi connectivity index (χ0v) is 26.1. The second-order valence-corrected chi connectivity index (χ2v) is 10.6. The van der Waals surface area contributed by atoms with Gasteiger partial charge in [0.15, 0.2) is 0 Å². The van der Waals surface area contributed by atoms with E-state index in [0.29, 0.717) is 25.0 Å². The quantitative estimate of drug-likeness (QED) is 0.245. The van der Waals surface area contributed by atoms with Crippen molar-refractivity contribution < 1.29 is 19.1 Å². The Morgan fingerprint density at radius 2 is 1.07 bits per heavy atom. The lowest BCUT2D eigenvalue weighted by atomic mass is 9.91. The van der Waals surface area contributed by atoms with E-state index >= 15 is 0 Å². The predicted molar refractivity (Wildman–Crippen MR) is 162 cm³/mol. The minimum absolute atomic E-state index is 0.0135. The normalized spacial score (nSPS) is 16.4. The fourth-order valence-corrected chi connectivity index (χ4v) is 4.91. The van der Waals surface area contributed by atoms with Gasteiger partial charge in [-0.15, -0.1) is 0 Å². The van der Waals surface area contributed by atoms with Crippen LogP contribution in [0.1, 0.15) is 78.1 Å². The summed E-state index contributed by atoms with van der Waals surface area (Å²) in [5.74, 6) is 0.888. The Bertz CT molecular complexity index is 1080. The summed E-state index contributed by atoms with van der Waals surface area (Å²) in [5.41, 5.74) is 0. The summed E-state index contributed by atoms with van der Waals surface area (Å²) in [7, 11) is 2.64. The third-order valence-corrected chi connectivity index (χ3v) is 7.17. The van der Waals surface area contributed by atoms with E-state index < -0.39 is 12.2 Å². The predicted octanol–water partition coefficient (Wildman–Crippen LogP) is 5.72. The molecular weight excluding hydrogens is 587 g/mol. The lowest BCUT2D eigenvalue weighted by molar-refractivity contribution is 0.177. The lowest BCUT2D eigenvalue weighted by Gasteiger charge is -2.30. The van der Waals surface area contributed by atoms with E-state index in [-0.39, 0.29) is 34.5 Å². The molecule has 2 aromatic rings. The molecule has 3 rings (SSSR count). The monoisotopic (exact) mass is 626 g/mol. The number of anilines is 4. The van der Waals surface area contributed by atoms with E-state index in [0.717, 1.165) is 64.2 Å².